The fraction of sp³-hybridized carbons (Fsp3) is 0.700. The zero-order chi connectivity index (χ0) is 12.1. The highest BCUT2D eigenvalue weighted by molar-refractivity contribution is 6.24. The van der Waals surface area contributed by atoms with E-state index in [2.05, 4.69) is 11.9 Å². The predicted molar refractivity (Wildman–Crippen MR) is 67.0 cm³/mol. The molecule has 0 radical (unpaired) electrons. The first-order valence-corrected chi connectivity index (χ1v) is 6.18. The zero-order valence-electron chi connectivity index (χ0n) is 8.95. The van der Waals surface area contributed by atoms with E-state index in [-0.39, 0.29) is 11.9 Å². The maximum atomic E-state index is 11.4. The molecule has 15 heavy (non-hydrogen) atoms. The summed E-state index contributed by atoms with van der Waals surface area (Å²) in [5, 5.41) is 2.78. The van der Waals surface area contributed by atoms with Gasteiger partial charge in [-0.2, -0.15) is 0 Å². The second-order valence-corrected chi connectivity index (χ2v) is 4.54. The molecule has 1 unspecified atom stereocenters. The number of halogens is 3. The smallest absolute Gasteiger partial charge is 0.246 e. The number of carbonyl (C=O) groups is 1. The van der Waals surface area contributed by atoms with Crippen LogP contribution in [-0.4, -0.2) is 29.6 Å². The molecule has 0 bridgehead atoms. The first-order chi connectivity index (χ1) is 6.93. The predicted octanol–water partition coefficient (Wildman–Crippen LogP) is 2.77. The fourth-order valence-electron chi connectivity index (χ4n) is 0.927. The van der Waals surface area contributed by atoms with Gasteiger partial charge in [-0.3, -0.25) is 4.79 Å². The van der Waals surface area contributed by atoms with Crippen LogP contribution in [0.15, 0.2) is 12.2 Å². The minimum Gasteiger partial charge on any atom is -0.349 e. The molecule has 0 spiro atoms. The van der Waals surface area contributed by atoms with Gasteiger partial charge in [0.15, 0.2) is 0 Å². The Kier molecular flexibility index (Phi) is 6.65. The third kappa shape index (κ3) is 3.86. The number of carbonyl (C=O) groups excluding carboxylic acids is 1. The van der Waals surface area contributed by atoms with Crippen LogP contribution in [0.1, 0.15) is 13.8 Å². The summed E-state index contributed by atoms with van der Waals surface area (Å²) in [6.07, 6.45) is 0. The fourth-order valence-corrected chi connectivity index (χ4v) is 2.48. The molecule has 0 saturated heterocycles. The molecular weight excluding hydrogens is 256 g/mol. The Morgan fingerprint density at radius 2 is 1.73 bits per heavy atom. The van der Waals surface area contributed by atoms with E-state index in [0.29, 0.717) is 23.2 Å². The van der Waals surface area contributed by atoms with E-state index in [1.807, 2.05) is 6.92 Å². The van der Waals surface area contributed by atoms with Crippen molar-refractivity contribution in [2.24, 2.45) is 5.41 Å². The average Bonchev–Trinajstić information content (AvgIpc) is 2.21. The molecule has 88 valence electrons. The van der Waals surface area contributed by atoms with Crippen molar-refractivity contribution in [1.82, 2.24) is 5.32 Å². The molecule has 0 saturated carbocycles. The Morgan fingerprint density at radius 3 is 2.00 bits per heavy atom. The average molecular weight is 273 g/mol. The highest BCUT2D eigenvalue weighted by atomic mass is 35.5. The molecule has 1 N–H and O–H groups in total. The molecule has 1 amide bonds. The summed E-state index contributed by atoms with van der Waals surface area (Å²) in [6, 6.07) is -0.186. The van der Waals surface area contributed by atoms with Gasteiger partial charge in [0.2, 0.25) is 5.91 Å². The largest absolute Gasteiger partial charge is 0.349 e. The van der Waals surface area contributed by atoms with Gasteiger partial charge in [0.05, 0.1) is 0 Å². The van der Waals surface area contributed by atoms with Gasteiger partial charge >= 0.3 is 0 Å². The van der Waals surface area contributed by atoms with E-state index in [9.17, 15) is 4.79 Å². The molecule has 0 aliphatic carbocycles. The zero-order valence-corrected chi connectivity index (χ0v) is 11.2. The number of alkyl halides is 3. The SMILES string of the molecule is C=C(C)C(=O)NC(C)C(CCl)(CCl)CCl. The van der Waals surface area contributed by atoms with E-state index in [1.54, 1.807) is 6.92 Å². The van der Waals surface area contributed by atoms with Crippen molar-refractivity contribution in [2.45, 2.75) is 19.9 Å². The van der Waals surface area contributed by atoms with Crippen LogP contribution in [0.2, 0.25) is 0 Å². The maximum absolute atomic E-state index is 11.4. The molecule has 0 rings (SSSR count). The quantitative estimate of drug-likeness (QED) is 0.585. The Bertz CT molecular complexity index is 231. The van der Waals surface area contributed by atoms with Crippen molar-refractivity contribution >= 4 is 40.7 Å². The number of rotatable bonds is 6. The minimum atomic E-state index is -0.476. The highest BCUT2D eigenvalue weighted by Gasteiger charge is 2.35. The minimum absolute atomic E-state index is 0.186. The lowest BCUT2D eigenvalue weighted by atomic mass is 9.87. The van der Waals surface area contributed by atoms with Crippen LogP contribution < -0.4 is 5.32 Å². The molecule has 5 heteroatoms. The number of nitrogens with one attached hydrogen (secondary N) is 1. The molecule has 0 aliphatic heterocycles. The molecule has 1 atom stereocenters. The molecular formula is C10H16Cl3NO. The van der Waals surface area contributed by atoms with Crippen LogP contribution in [0.3, 0.4) is 0 Å². The van der Waals surface area contributed by atoms with Gasteiger partial charge in [-0.1, -0.05) is 6.58 Å². The number of hydrogen-bond donors (Lipinski definition) is 1. The van der Waals surface area contributed by atoms with Gasteiger partial charge in [-0.25, -0.2) is 0 Å². The molecule has 2 nitrogen and oxygen atoms in total. The molecule has 0 heterocycles. The van der Waals surface area contributed by atoms with Gasteiger partial charge in [-0.05, 0) is 13.8 Å². The van der Waals surface area contributed by atoms with Crippen molar-refractivity contribution in [3.8, 4) is 0 Å². The van der Waals surface area contributed by atoms with Crippen molar-refractivity contribution in [3.63, 3.8) is 0 Å². The highest BCUT2D eigenvalue weighted by Crippen LogP contribution is 2.27. The Labute approximate surface area is 106 Å². The second-order valence-electron chi connectivity index (χ2n) is 3.74. The lowest BCUT2D eigenvalue weighted by Gasteiger charge is -2.34. The first kappa shape index (κ1) is 15.1. The Balaban J connectivity index is 4.58. The van der Waals surface area contributed by atoms with Crippen LogP contribution in [0.5, 0.6) is 0 Å². The van der Waals surface area contributed by atoms with Gasteiger partial charge in [0.25, 0.3) is 0 Å². The van der Waals surface area contributed by atoms with Crippen LogP contribution in [0, 0.1) is 5.41 Å². The molecule has 0 fully saturated rings. The van der Waals surface area contributed by atoms with Crippen LogP contribution in [-0.2, 0) is 4.79 Å². The summed E-state index contributed by atoms with van der Waals surface area (Å²) >= 11 is 17.5. The van der Waals surface area contributed by atoms with Crippen molar-refractivity contribution < 1.29 is 4.79 Å². The summed E-state index contributed by atoms with van der Waals surface area (Å²) in [5.41, 5.74) is -0.0232. The second kappa shape index (κ2) is 6.62. The summed E-state index contributed by atoms with van der Waals surface area (Å²) in [7, 11) is 0. The summed E-state index contributed by atoms with van der Waals surface area (Å²) in [5.74, 6) is 0.708. The number of hydrogen-bond acceptors (Lipinski definition) is 1. The Morgan fingerprint density at radius 1 is 1.33 bits per heavy atom. The van der Waals surface area contributed by atoms with Crippen LogP contribution in [0.25, 0.3) is 0 Å². The molecule has 0 aliphatic rings. The van der Waals surface area contributed by atoms with E-state index < -0.39 is 5.41 Å². The molecule has 0 aromatic rings. The van der Waals surface area contributed by atoms with Gasteiger partial charge in [0.1, 0.15) is 0 Å². The van der Waals surface area contributed by atoms with E-state index in [4.69, 9.17) is 34.8 Å². The van der Waals surface area contributed by atoms with Gasteiger partial charge < -0.3 is 5.32 Å². The van der Waals surface area contributed by atoms with Crippen molar-refractivity contribution in [1.29, 1.82) is 0 Å². The van der Waals surface area contributed by atoms with Gasteiger partial charge in [-0.15, -0.1) is 34.8 Å². The molecule has 0 aromatic heterocycles. The Hall–Kier alpha value is 0.0800. The van der Waals surface area contributed by atoms with E-state index >= 15 is 0 Å². The topological polar surface area (TPSA) is 29.1 Å². The van der Waals surface area contributed by atoms with Gasteiger partial charge in [0, 0.05) is 34.7 Å². The maximum Gasteiger partial charge on any atom is 0.246 e. The third-order valence-electron chi connectivity index (χ3n) is 2.45. The lowest BCUT2D eigenvalue weighted by molar-refractivity contribution is -0.118. The summed E-state index contributed by atoms with van der Waals surface area (Å²) in [6.45, 7) is 7.04. The summed E-state index contributed by atoms with van der Waals surface area (Å²) < 4.78 is 0. The monoisotopic (exact) mass is 271 g/mol. The first-order valence-electron chi connectivity index (χ1n) is 4.57. The van der Waals surface area contributed by atoms with Crippen molar-refractivity contribution in [3.05, 3.63) is 12.2 Å². The normalized spacial score (nSPS) is 13.4. The van der Waals surface area contributed by atoms with E-state index in [1.165, 1.54) is 0 Å². The van der Waals surface area contributed by atoms with Crippen LogP contribution in [0.4, 0.5) is 0 Å². The standard InChI is InChI=1S/C10H16Cl3NO/c1-7(2)9(15)14-8(3)10(4-11,5-12)6-13/h8H,1,4-6H2,2-3H3,(H,14,15). The number of amides is 1. The molecule has 0 aromatic carbocycles. The third-order valence-corrected chi connectivity index (χ3v) is 4.05. The van der Waals surface area contributed by atoms with E-state index in [0.717, 1.165) is 0 Å². The lowest BCUT2D eigenvalue weighted by Crippen LogP contribution is -2.49. The van der Waals surface area contributed by atoms with Crippen LogP contribution >= 0.6 is 34.8 Å². The van der Waals surface area contributed by atoms with Crippen molar-refractivity contribution in [2.75, 3.05) is 17.6 Å². The summed E-state index contributed by atoms with van der Waals surface area (Å²) in [4.78, 5) is 11.4.